The number of fused-ring (bicyclic) bond motifs is 4. The Bertz CT molecular complexity index is 919. The lowest BCUT2D eigenvalue weighted by Gasteiger charge is -2.43. The number of benzene rings is 1. The van der Waals surface area contributed by atoms with Gasteiger partial charge in [-0.1, -0.05) is 6.07 Å². The number of likely N-dealkylation sites (tertiary alicyclic amines) is 1. The highest BCUT2D eigenvalue weighted by atomic mass is 32.1. The number of aromatic nitrogens is 1. The van der Waals surface area contributed by atoms with Gasteiger partial charge in [0.05, 0.1) is 0 Å². The highest BCUT2D eigenvalue weighted by Gasteiger charge is 2.35. The van der Waals surface area contributed by atoms with Crippen LogP contribution in [0.2, 0.25) is 0 Å². The van der Waals surface area contributed by atoms with Gasteiger partial charge in [-0.25, -0.2) is 0 Å². The summed E-state index contributed by atoms with van der Waals surface area (Å²) in [7, 11) is 0. The lowest BCUT2D eigenvalue weighted by Crippen LogP contribution is -2.50. The molecule has 4 rings (SSSR count). The number of carbonyl (C=O) groups excluding carboxylic acids is 1. The molecule has 134 valence electrons. The number of hydrogen-bond acceptors (Lipinski definition) is 3. The van der Waals surface area contributed by atoms with E-state index in [4.69, 9.17) is 12.2 Å². The molecule has 1 N–H and O–H groups in total. The van der Waals surface area contributed by atoms with Gasteiger partial charge in [0.2, 0.25) is 0 Å². The normalized spacial score (nSPS) is 21.0. The predicted octanol–water partition coefficient (Wildman–Crippen LogP) is 2.87. The van der Waals surface area contributed by atoms with E-state index in [-0.39, 0.29) is 11.3 Å². The fourth-order valence-corrected chi connectivity index (χ4v) is 4.32. The summed E-state index contributed by atoms with van der Waals surface area (Å²) in [5, 5.41) is 3.98. The summed E-state index contributed by atoms with van der Waals surface area (Å²) >= 11 is 5.62. The lowest BCUT2D eigenvalue weighted by atomic mass is 9.83. The van der Waals surface area contributed by atoms with Crippen molar-refractivity contribution in [2.24, 2.45) is 5.92 Å². The third kappa shape index (κ3) is 3.17. The van der Waals surface area contributed by atoms with Crippen LogP contribution in [-0.4, -0.2) is 33.5 Å². The van der Waals surface area contributed by atoms with Crippen LogP contribution in [0.4, 0.5) is 5.69 Å². The molecule has 2 aromatic rings. The van der Waals surface area contributed by atoms with E-state index in [9.17, 15) is 9.59 Å². The van der Waals surface area contributed by atoms with E-state index in [0.717, 1.165) is 37.4 Å². The second kappa shape index (κ2) is 6.68. The summed E-state index contributed by atoms with van der Waals surface area (Å²) in [5.41, 5.74) is 2.78. The number of thiocarbonyl (C=S) groups is 1. The van der Waals surface area contributed by atoms with E-state index in [2.05, 4.69) is 16.3 Å². The summed E-state index contributed by atoms with van der Waals surface area (Å²) in [6.45, 7) is 3.99. The number of anilines is 1. The average molecular weight is 367 g/mol. The highest BCUT2D eigenvalue weighted by Crippen LogP contribution is 2.35. The van der Waals surface area contributed by atoms with Gasteiger partial charge in [0.1, 0.15) is 0 Å². The molecule has 5 nitrogen and oxygen atoms in total. The van der Waals surface area contributed by atoms with Gasteiger partial charge in [-0.2, -0.15) is 0 Å². The molecule has 2 aliphatic rings. The van der Waals surface area contributed by atoms with Gasteiger partial charge in [0.25, 0.3) is 5.56 Å². The molecule has 1 unspecified atom stereocenters. The summed E-state index contributed by atoms with van der Waals surface area (Å²) in [5.74, 6) is 0.814. The molecule has 0 saturated carbocycles. The molecule has 2 bridgehead atoms. The minimum atomic E-state index is 0.0527. The van der Waals surface area contributed by atoms with E-state index in [1.165, 1.54) is 0 Å². The number of rotatable bonds is 2. The molecule has 26 heavy (non-hydrogen) atoms. The van der Waals surface area contributed by atoms with Gasteiger partial charge in [0, 0.05) is 48.6 Å². The lowest BCUT2D eigenvalue weighted by molar-refractivity contribution is 0.101. The molecule has 0 amide bonds. The Balaban J connectivity index is 1.49. The van der Waals surface area contributed by atoms with Crippen molar-refractivity contribution in [2.75, 3.05) is 18.4 Å². The van der Waals surface area contributed by atoms with Crippen molar-refractivity contribution in [3.8, 4) is 0 Å². The smallest absolute Gasteiger partial charge is 0.250 e. The van der Waals surface area contributed by atoms with Crippen molar-refractivity contribution in [3.05, 3.63) is 64.1 Å². The Hall–Kier alpha value is -2.47. The van der Waals surface area contributed by atoms with Crippen molar-refractivity contribution in [1.82, 2.24) is 9.47 Å². The fraction of sp³-hybridized carbons (Fsp3) is 0.350. The van der Waals surface area contributed by atoms with Crippen molar-refractivity contribution in [2.45, 2.75) is 25.8 Å². The molecule has 2 atom stereocenters. The SMILES string of the molecule is CC(=O)c1ccc(NC(=S)N2CC3C[C@@H](C2)c2cccc(=O)n2C3)cc1. The van der Waals surface area contributed by atoms with Crippen molar-refractivity contribution < 1.29 is 4.79 Å². The van der Waals surface area contributed by atoms with Crippen LogP contribution in [0.25, 0.3) is 0 Å². The number of ketones is 1. The van der Waals surface area contributed by atoms with Crippen LogP contribution in [0.3, 0.4) is 0 Å². The summed E-state index contributed by atoms with van der Waals surface area (Å²) in [6.07, 6.45) is 1.11. The van der Waals surface area contributed by atoms with Crippen LogP contribution in [-0.2, 0) is 6.54 Å². The number of piperidine rings is 1. The Morgan fingerprint density at radius 3 is 2.62 bits per heavy atom. The molecule has 1 aromatic heterocycles. The first kappa shape index (κ1) is 17.0. The zero-order valence-corrected chi connectivity index (χ0v) is 15.5. The first-order valence-corrected chi connectivity index (χ1v) is 9.29. The standard InChI is InChI=1S/C20H21N3O2S/c1-13(24)15-5-7-17(8-6-15)21-20(26)22-10-14-9-16(12-22)18-3-2-4-19(25)23(18)11-14/h2-8,14,16H,9-12H2,1H3,(H,21,26)/t14?,16-/m0/s1. The monoisotopic (exact) mass is 367 g/mol. The molecule has 0 aliphatic carbocycles. The summed E-state index contributed by atoms with van der Waals surface area (Å²) in [6, 6.07) is 12.9. The summed E-state index contributed by atoms with van der Waals surface area (Å²) in [4.78, 5) is 25.7. The number of hydrogen-bond donors (Lipinski definition) is 1. The fourth-order valence-electron chi connectivity index (χ4n) is 4.05. The zero-order valence-electron chi connectivity index (χ0n) is 14.6. The summed E-state index contributed by atoms with van der Waals surface area (Å²) < 4.78 is 1.92. The topological polar surface area (TPSA) is 54.3 Å². The molecule has 3 heterocycles. The Morgan fingerprint density at radius 1 is 1.12 bits per heavy atom. The molecular formula is C20H21N3O2S. The van der Waals surface area contributed by atoms with E-state index in [1.54, 1.807) is 25.1 Å². The van der Waals surface area contributed by atoms with Crippen LogP contribution in [0.1, 0.15) is 35.3 Å². The third-order valence-corrected chi connectivity index (χ3v) is 5.67. The number of nitrogens with zero attached hydrogens (tertiary/aromatic N) is 2. The van der Waals surface area contributed by atoms with Crippen molar-refractivity contribution >= 4 is 28.8 Å². The van der Waals surface area contributed by atoms with E-state index >= 15 is 0 Å². The van der Waals surface area contributed by atoms with Gasteiger partial charge in [-0.05, 0) is 61.8 Å². The van der Waals surface area contributed by atoms with Crippen LogP contribution in [0, 0.1) is 5.92 Å². The predicted molar refractivity (Wildman–Crippen MR) is 106 cm³/mol. The van der Waals surface area contributed by atoms with Crippen LogP contribution < -0.4 is 10.9 Å². The number of pyridine rings is 1. The van der Waals surface area contributed by atoms with Gasteiger partial charge in [-0.3, -0.25) is 9.59 Å². The average Bonchev–Trinajstić information content (AvgIpc) is 2.63. The van der Waals surface area contributed by atoms with Gasteiger partial charge >= 0.3 is 0 Å². The molecule has 0 radical (unpaired) electrons. The minimum absolute atomic E-state index is 0.0527. The maximum absolute atomic E-state index is 12.1. The Kier molecular flexibility index (Phi) is 4.36. The highest BCUT2D eigenvalue weighted by molar-refractivity contribution is 7.80. The zero-order chi connectivity index (χ0) is 18.3. The largest absolute Gasteiger partial charge is 0.348 e. The number of Topliss-reactive ketones (excluding diaryl/α,β-unsaturated/α-hetero) is 1. The molecule has 1 saturated heterocycles. The quantitative estimate of drug-likeness (QED) is 0.653. The van der Waals surface area contributed by atoms with Crippen LogP contribution >= 0.6 is 12.2 Å². The molecule has 1 aromatic carbocycles. The first-order valence-electron chi connectivity index (χ1n) is 8.88. The van der Waals surface area contributed by atoms with Gasteiger partial charge < -0.3 is 14.8 Å². The minimum Gasteiger partial charge on any atom is -0.348 e. The molecule has 2 aliphatic heterocycles. The van der Waals surface area contributed by atoms with Crippen LogP contribution in [0.5, 0.6) is 0 Å². The van der Waals surface area contributed by atoms with Crippen LogP contribution in [0.15, 0.2) is 47.3 Å². The number of nitrogens with one attached hydrogen (secondary N) is 1. The van der Waals surface area contributed by atoms with Crippen molar-refractivity contribution in [3.63, 3.8) is 0 Å². The maximum atomic E-state index is 12.1. The van der Waals surface area contributed by atoms with E-state index in [0.29, 0.717) is 22.5 Å². The first-order chi connectivity index (χ1) is 12.5. The van der Waals surface area contributed by atoms with Crippen molar-refractivity contribution in [1.29, 1.82) is 0 Å². The van der Waals surface area contributed by atoms with Gasteiger partial charge in [-0.15, -0.1) is 0 Å². The molecule has 1 fully saturated rings. The molecule has 0 spiro atoms. The Labute approximate surface area is 157 Å². The Morgan fingerprint density at radius 2 is 1.88 bits per heavy atom. The van der Waals surface area contributed by atoms with E-state index < -0.39 is 0 Å². The van der Waals surface area contributed by atoms with Gasteiger partial charge in [0.15, 0.2) is 10.9 Å². The molecular weight excluding hydrogens is 346 g/mol. The van der Waals surface area contributed by atoms with E-state index in [1.807, 2.05) is 22.8 Å². The molecule has 6 heteroatoms. The second-order valence-corrected chi connectivity index (χ2v) is 7.55. The third-order valence-electron chi connectivity index (χ3n) is 5.31. The maximum Gasteiger partial charge on any atom is 0.250 e. The second-order valence-electron chi connectivity index (χ2n) is 7.17. The number of carbonyl (C=O) groups is 1.